The van der Waals surface area contributed by atoms with Crippen molar-refractivity contribution in [2.75, 3.05) is 7.11 Å². The number of aliphatic hydroxyl groups is 1. The first-order chi connectivity index (χ1) is 10.6. The molecule has 0 aliphatic carbocycles. The van der Waals surface area contributed by atoms with Crippen molar-refractivity contribution in [2.45, 2.75) is 31.9 Å². The highest BCUT2D eigenvalue weighted by Crippen LogP contribution is 2.43. The Bertz CT molecular complexity index is 694. The summed E-state index contributed by atoms with van der Waals surface area (Å²) in [6.45, 7) is 0.770. The van der Waals surface area contributed by atoms with Gasteiger partial charge < -0.3 is 20.1 Å². The summed E-state index contributed by atoms with van der Waals surface area (Å²) in [5.41, 5.74) is 8.54. The van der Waals surface area contributed by atoms with Gasteiger partial charge in [-0.25, -0.2) is 0 Å². The number of fused-ring (bicyclic) bond motifs is 1. The minimum atomic E-state index is -0.609. The van der Waals surface area contributed by atoms with Crippen LogP contribution in [0.3, 0.4) is 0 Å². The van der Waals surface area contributed by atoms with Crippen molar-refractivity contribution < 1.29 is 14.6 Å². The molecule has 1 unspecified atom stereocenters. The van der Waals surface area contributed by atoms with E-state index in [1.165, 1.54) is 0 Å². The number of hydrogen-bond acceptors (Lipinski definition) is 4. The lowest BCUT2D eigenvalue weighted by molar-refractivity contribution is -0.117. The van der Waals surface area contributed by atoms with E-state index in [0.717, 1.165) is 29.9 Å². The van der Waals surface area contributed by atoms with E-state index >= 15 is 0 Å². The maximum atomic E-state index is 11.4. The van der Waals surface area contributed by atoms with Gasteiger partial charge in [0.1, 0.15) is 5.75 Å². The summed E-state index contributed by atoms with van der Waals surface area (Å²) < 4.78 is 7.60. The molecule has 3 N–H and O–H groups in total. The number of ether oxygens (including phenoxy) is 1. The minimum absolute atomic E-state index is 0.0514. The molecule has 0 radical (unpaired) electrons. The first-order valence-corrected chi connectivity index (χ1v) is 7.29. The topological polar surface area (TPSA) is 90.4 Å². The highest BCUT2D eigenvalue weighted by Gasteiger charge is 2.31. The van der Waals surface area contributed by atoms with Crippen LogP contribution >= 0.6 is 0 Å². The predicted octanol–water partition coefficient (Wildman–Crippen LogP) is 1.41. The van der Waals surface area contributed by atoms with Crippen LogP contribution in [0.2, 0.25) is 0 Å². The Kier molecular flexibility index (Phi) is 3.85. The molecule has 0 saturated heterocycles. The van der Waals surface area contributed by atoms with Crippen LogP contribution in [-0.4, -0.2) is 27.7 Å². The van der Waals surface area contributed by atoms with Crippen LogP contribution in [0.1, 0.15) is 30.2 Å². The molecule has 1 aliphatic heterocycles. The second-order valence-corrected chi connectivity index (χ2v) is 5.44. The summed E-state index contributed by atoms with van der Waals surface area (Å²) in [7, 11) is 1.57. The maximum Gasteiger partial charge on any atom is 0.222 e. The van der Waals surface area contributed by atoms with Crippen molar-refractivity contribution in [3.8, 4) is 17.0 Å². The van der Waals surface area contributed by atoms with Gasteiger partial charge >= 0.3 is 0 Å². The summed E-state index contributed by atoms with van der Waals surface area (Å²) in [6.07, 6.45) is 4.44. The molecule has 0 fully saturated rings. The fourth-order valence-electron chi connectivity index (χ4n) is 3.21. The molecule has 22 heavy (non-hydrogen) atoms. The number of nitrogens with two attached hydrogens (primary N) is 1. The molecule has 2 aromatic heterocycles. The molecule has 6 nitrogen and oxygen atoms in total. The first kappa shape index (κ1) is 14.6. The number of carbonyl (C=O) groups is 1. The average Bonchev–Trinajstić information content (AvgIpc) is 2.82. The number of aromatic nitrogens is 2. The Labute approximate surface area is 128 Å². The second-order valence-electron chi connectivity index (χ2n) is 5.44. The lowest BCUT2D eigenvalue weighted by atomic mass is 10.0. The molecule has 2 aromatic rings. The number of pyridine rings is 1. The van der Waals surface area contributed by atoms with E-state index in [9.17, 15) is 9.90 Å². The lowest BCUT2D eigenvalue weighted by Gasteiger charge is -2.23. The van der Waals surface area contributed by atoms with E-state index in [4.69, 9.17) is 10.5 Å². The smallest absolute Gasteiger partial charge is 0.222 e. The van der Waals surface area contributed by atoms with E-state index in [-0.39, 0.29) is 6.42 Å². The molecule has 3 heterocycles. The van der Waals surface area contributed by atoms with Gasteiger partial charge in [-0.1, -0.05) is 0 Å². The largest absolute Gasteiger partial charge is 0.494 e. The van der Waals surface area contributed by atoms with E-state index in [2.05, 4.69) is 4.98 Å². The number of methoxy groups -OCH3 is 1. The highest BCUT2D eigenvalue weighted by atomic mass is 16.5. The Morgan fingerprint density at radius 3 is 3.05 bits per heavy atom. The molecular formula is C16H19N3O3. The molecular weight excluding hydrogens is 282 g/mol. The quantitative estimate of drug-likeness (QED) is 0.893. The van der Waals surface area contributed by atoms with Crippen molar-refractivity contribution in [3.63, 3.8) is 0 Å². The van der Waals surface area contributed by atoms with Crippen LogP contribution < -0.4 is 10.5 Å². The zero-order chi connectivity index (χ0) is 15.7. The summed E-state index contributed by atoms with van der Waals surface area (Å²) in [5, 5.41) is 10.4. The third kappa shape index (κ3) is 2.35. The minimum Gasteiger partial charge on any atom is -0.494 e. The molecule has 0 bridgehead atoms. The van der Waals surface area contributed by atoms with Crippen LogP contribution in [0.25, 0.3) is 11.3 Å². The molecule has 1 aliphatic rings. The lowest BCUT2D eigenvalue weighted by Crippen LogP contribution is -2.20. The Morgan fingerprint density at radius 2 is 2.41 bits per heavy atom. The number of carbonyl (C=O) groups excluding carboxylic acids is 1. The van der Waals surface area contributed by atoms with Gasteiger partial charge in [0.2, 0.25) is 5.91 Å². The molecule has 1 atom stereocenters. The van der Waals surface area contributed by atoms with Crippen molar-refractivity contribution in [1.82, 2.24) is 9.55 Å². The van der Waals surface area contributed by atoms with Crippen LogP contribution in [0.4, 0.5) is 0 Å². The molecule has 0 aromatic carbocycles. The van der Waals surface area contributed by atoms with Gasteiger partial charge in [0.25, 0.3) is 0 Å². The molecule has 0 saturated carbocycles. The number of aliphatic hydroxyl groups excluding tert-OH is 1. The van der Waals surface area contributed by atoms with Crippen molar-refractivity contribution in [3.05, 3.63) is 35.8 Å². The number of amides is 1. The standard InChI is InChI=1S/C16H19N3O3/c1-22-16-11(8-13(17)21)15-12(20)5-3-7-19(15)14(16)10-4-2-6-18-9-10/h2,4,6,9,12,20H,3,5,7-8H2,1H3,(H2,17,21). The van der Waals surface area contributed by atoms with Gasteiger partial charge in [-0.15, -0.1) is 0 Å². The first-order valence-electron chi connectivity index (χ1n) is 7.29. The Hall–Kier alpha value is -2.34. The third-order valence-corrected chi connectivity index (χ3v) is 4.02. The van der Waals surface area contributed by atoms with E-state index in [1.54, 1.807) is 19.5 Å². The zero-order valence-corrected chi connectivity index (χ0v) is 12.5. The van der Waals surface area contributed by atoms with Crippen LogP contribution in [-0.2, 0) is 17.8 Å². The second kappa shape index (κ2) is 5.81. The van der Waals surface area contributed by atoms with Crippen molar-refractivity contribution in [2.24, 2.45) is 5.73 Å². The molecule has 6 heteroatoms. The summed E-state index contributed by atoms with van der Waals surface area (Å²) in [4.78, 5) is 15.6. The number of nitrogens with zero attached hydrogens (tertiary/aromatic N) is 2. The summed E-state index contributed by atoms with van der Waals surface area (Å²) >= 11 is 0. The van der Waals surface area contributed by atoms with Crippen LogP contribution in [0, 0.1) is 0 Å². The fourth-order valence-corrected chi connectivity index (χ4v) is 3.21. The summed E-state index contributed by atoms with van der Waals surface area (Å²) in [5.74, 6) is 0.157. The van der Waals surface area contributed by atoms with Gasteiger partial charge in [-0.3, -0.25) is 9.78 Å². The monoisotopic (exact) mass is 301 g/mol. The fraction of sp³-hybridized carbons (Fsp3) is 0.375. The average molecular weight is 301 g/mol. The van der Waals surface area contributed by atoms with Crippen molar-refractivity contribution in [1.29, 1.82) is 0 Å². The van der Waals surface area contributed by atoms with E-state index < -0.39 is 12.0 Å². The normalized spacial score (nSPS) is 17.1. The van der Waals surface area contributed by atoms with Gasteiger partial charge in [0.05, 0.1) is 31.0 Å². The van der Waals surface area contributed by atoms with Gasteiger partial charge in [-0.2, -0.15) is 0 Å². The number of hydrogen-bond donors (Lipinski definition) is 2. The van der Waals surface area contributed by atoms with Crippen molar-refractivity contribution >= 4 is 5.91 Å². The molecule has 3 rings (SSSR count). The van der Waals surface area contributed by atoms with E-state index in [0.29, 0.717) is 17.7 Å². The highest BCUT2D eigenvalue weighted by molar-refractivity contribution is 5.81. The number of rotatable bonds is 4. The predicted molar refractivity (Wildman–Crippen MR) is 81.3 cm³/mol. The molecule has 1 amide bonds. The van der Waals surface area contributed by atoms with Gasteiger partial charge in [0.15, 0.2) is 0 Å². The van der Waals surface area contributed by atoms with E-state index in [1.807, 2.05) is 16.7 Å². The van der Waals surface area contributed by atoms with Gasteiger partial charge in [-0.05, 0) is 25.0 Å². The number of primary amides is 1. The zero-order valence-electron chi connectivity index (χ0n) is 12.5. The molecule has 0 spiro atoms. The van der Waals surface area contributed by atoms with Gasteiger partial charge in [0, 0.05) is 30.1 Å². The Balaban J connectivity index is 2.27. The van der Waals surface area contributed by atoms with Crippen LogP contribution in [0.5, 0.6) is 5.75 Å². The third-order valence-electron chi connectivity index (χ3n) is 4.02. The SMILES string of the molecule is COc1c(CC(N)=O)c2n(c1-c1cccnc1)CCCC2O. The Morgan fingerprint density at radius 1 is 1.59 bits per heavy atom. The molecule has 116 valence electrons. The van der Waals surface area contributed by atoms with Crippen LogP contribution in [0.15, 0.2) is 24.5 Å². The summed E-state index contributed by atoms with van der Waals surface area (Å²) in [6, 6.07) is 3.79. The maximum absolute atomic E-state index is 11.4.